The van der Waals surface area contributed by atoms with Crippen LogP contribution in [-0.4, -0.2) is 28.2 Å². The number of hydrogen-bond acceptors (Lipinski definition) is 7. The molecule has 0 fully saturated rings. The Labute approximate surface area is 201 Å². The molecule has 0 aliphatic carbocycles. The summed E-state index contributed by atoms with van der Waals surface area (Å²) in [5.41, 5.74) is 3.23. The van der Waals surface area contributed by atoms with Gasteiger partial charge in [0.2, 0.25) is 5.89 Å². The fraction of sp³-hybridized carbons (Fsp3) is 0.364. The zero-order valence-corrected chi connectivity index (χ0v) is 21.0. The first kappa shape index (κ1) is 25.0. The van der Waals surface area contributed by atoms with E-state index in [4.69, 9.17) is 9.31 Å². The Morgan fingerprint density at radius 1 is 1.25 bits per heavy atom. The normalized spacial score (nSPS) is 12.7. The van der Waals surface area contributed by atoms with Crippen molar-refractivity contribution in [2.75, 3.05) is 13.2 Å². The smallest absolute Gasteiger partial charge is 0.411 e. The van der Waals surface area contributed by atoms with Gasteiger partial charge in [-0.2, -0.15) is 0 Å². The standard InChI is InChI=1S/C22H25BrN3O4PS/c1-2-5-20(18-6-3-7-19(23)14-18)32-22-26-25-21(30-22)17-10-8-16(9-11-17)15-24-12-4-13-29-31(27)28/h3,6-11,14,20,24H,2,4-5,12-13,15H2,1H3/p+1. The summed E-state index contributed by atoms with van der Waals surface area (Å²) >= 11 is 5.15. The van der Waals surface area contributed by atoms with Gasteiger partial charge in [0.05, 0.1) is 0 Å². The maximum absolute atomic E-state index is 10.4. The molecule has 0 aliphatic rings. The van der Waals surface area contributed by atoms with Crippen molar-refractivity contribution in [3.8, 4) is 11.5 Å². The second-order valence-corrected chi connectivity index (χ2v) is 9.93. The molecule has 1 heterocycles. The zero-order chi connectivity index (χ0) is 22.8. The molecule has 2 aromatic carbocycles. The second kappa shape index (κ2) is 13.2. The third-order valence-corrected chi connectivity index (χ3v) is 6.71. The first-order valence-corrected chi connectivity index (χ1v) is 13.2. The highest BCUT2D eigenvalue weighted by molar-refractivity contribution is 9.10. The van der Waals surface area contributed by atoms with Crippen LogP contribution in [0, 0.1) is 0 Å². The number of nitrogens with zero attached hydrogens (tertiary/aromatic N) is 2. The number of halogens is 1. The molecule has 2 unspecified atom stereocenters. The van der Waals surface area contributed by atoms with Gasteiger partial charge in [0.15, 0.2) is 0 Å². The lowest BCUT2D eigenvalue weighted by atomic mass is 10.1. The van der Waals surface area contributed by atoms with Gasteiger partial charge in [0.1, 0.15) is 6.61 Å². The lowest BCUT2D eigenvalue weighted by molar-refractivity contribution is 0.276. The predicted molar refractivity (Wildman–Crippen MR) is 129 cm³/mol. The quantitative estimate of drug-likeness (QED) is 0.149. The lowest BCUT2D eigenvalue weighted by Gasteiger charge is -2.14. The third kappa shape index (κ3) is 8.06. The third-order valence-electron chi connectivity index (χ3n) is 4.65. The van der Waals surface area contributed by atoms with Crippen LogP contribution in [0.2, 0.25) is 0 Å². The molecule has 2 atom stereocenters. The molecule has 0 saturated carbocycles. The summed E-state index contributed by atoms with van der Waals surface area (Å²) in [6.45, 7) is 3.83. The van der Waals surface area contributed by atoms with E-state index in [1.165, 1.54) is 5.56 Å². The molecule has 1 aromatic heterocycles. The maximum atomic E-state index is 10.4. The van der Waals surface area contributed by atoms with Crippen LogP contribution < -0.4 is 5.32 Å². The Morgan fingerprint density at radius 3 is 2.78 bits per heavy atom. The highest BCUT2D eigenvalue weighted by Crippen LogP contribution is 2.39. The second-order valence-electron chi connectivity index (χ2n) is 7.12. The Hall–Kier alpha value is -1.61. The van der Waals surface area contributed by atoms with Crippen LogP contribution in [0.1, 0.15) is 42.6 Å². The number of aromatic nitrogens is 2. The SMILES string of the molecule is CCCC(Sc1nnc(-c2ccc(CNCCCO[P+](=O)O)cc2)o1)c1cccc(Br)c1. The van der Waals surface area contributed by atoms with Crippen LogP contribution in [-0.2, 0) is 15.6 Å². The van der Waals surface area contributed by atoms with Crippen molar-refractivity contribution in [1.82, 2.24) is 15.5 Å². The van der Waals surface area contributed by atoms with Gasteiger partial charge in [-0.1, -0.05) is 65.3 Å². The first-order valence-electron chi connectivity index (χ1n) is 10.4. The lowest BCUT2D eigenvalue weighted by Crippen LogP contribution is -2.15. The van der Waals surface area contributed by atoms with Crippen molar-refractivity contribution in [3.63, 3.8) is 0 Å². The van der Waals surface area contributed by atoms with Crippen LogP contribution in [0.25, 0.3) is 11.5 Å². The molecule has 0 bridgehead atoms. The highest BCUT2D eigenvalue weighted by atomic mass is 79.9. The minimum absolute atomic E-state index is 0.252. The molecular formula is C22H26BrN3O4PS+. The Balaban J connectivity index is 1.54. The first-order chi connectivity index (χ1) is 15.5. The molecule has 3 aromatic rings. The van der Waals surface area contributed by atoms with Gasteiger partial charge in [-0.25, -0.2) is 0 Å². The predicted octanol–water partition coefficient (Wildman–Crippen LogP) is 6.28. The van der Waals surface area contributed by atoms with E-state index < -0.39 is 8.25 Å². The highest BCUT2D eigenvalue weighted by Gasteiger charge is 2.18. The number of rotatable bonds is 13. The van der Waals surface area contributed by atoms with Crippen molar-refractivity contribution in [2.24, 2.45) is 0 Å². The molecule has 170 valence electrons. The average molecular weight is 539 g/mol. The molecule has 7 nitrogen and oxygen atoms in total. The molecular weight excluding hydrogens is 513 g/mol. The Bertz CT molecular complexity index is 1000. The number of nitrogens with one attached hydrogen (secondary N) is 1. The molecule has 0 saturated heterocycles. The van der Waals surface area contributed by atoms with E-state index in [1.807, 2.05) is 36.4 Å². The molecule has 0 amide bonds. The molecule has 32 heavy (non-hydrogen) atoms. The minimum Gasteiger partial charge on any atom is -0.411 e. The van der Waals surface area contributed by atoms with E-state index in [-0.39, 0.29) is 11.9 Å². The van der Waals surface area contributed by atoms with E-state index in [2.05, 4.69) is 55.0 Å². The number of thioether (sulfide) groups is 1. The number of hydrogen-bond donors (Lipinski definition) is 2. The molecule has 10 heteroatoms. The van der Waals surface area contributed by atoms with Crippen LogP contribution in [0.4, 0.5) is 0 Å². The summed E-state index contributed by atoms with van der Waals surface area (Å²) in [5, 5.41) is 12.6. The van der Waals surface area contributed by atoms with Crippen LogP contribution >= 0.6 is 35.9 Å². The number of benzene rings is 2. The van der Waals surface area contributed by atoms with Gasteiger partial charge in [-0.05, 0) is 54.8 Å². The van der Waals surface area contributed by atoms with E-state index in [1.54, 1.807) is 11.8 Å². The molecule has 0 aliphatic heterocycles. The van der Waals surface area contributed by atoms with Gasteiger partial charge >= 0.3 is 8.25 Å². The van der Waals surface area contributed by atoms with E-state index in [0.29, 0.717) is 30.6 Å². The van der Waals surface area contributed by atoms with Crippen molar-refractivity contribution in [1.29, 1.82) is 0 Å². The van der Waals surface area contributed by atoms with Gasteiger partial charge in [-0.3, -0.25) is 0 Å². The summed E-state index contributed by atoms with van der Waals surface area (Å²) < 4.78 is 22.1. The van der Waals surface area contributed by atoms with Crippen molar-refractivity contribution in [2.45, 2.75) is 43.2 Å². The van der Waals surface area contributed by atoms with E-state index in [0.717, 1.165) is 28.4 Å². The minimum atomic E-state index is -2.51. The molecule has 2 N–H and O–H groups in total. The summed E-state index contributed by atoms with van der Waals surface area (Å²) in [6, 6.07) is 16.3. The summed E-state index contributed by atoms with van der Waals surface area (Å²) in [6.07, 6.45) is 2.75. The van der Waals surface area contributed by atoms with Crippen molar-refractivity contribution in [3.05, 3.63) is 64.1 Å². The topological polar surface area (TPSA) is 97.5 Å². The van der Waals surface area contributed by atoms with Crippen molar-refractivity contribution < 1.29 is 18.4 Å². The summed E-state index contributed by atoms with van der Waals surface area (Å²) in [5.74, 6) is 0.506. The Morgan fingerprint density at radius 2 is 2.06 bits per heavy atom. The van der Waals surface area contributed by atoms with Gasteiger partial charge in [0.25, 0.3) is 5.22 Å². The molecule has 0 radical (unpaired) electrons. The molecule has 0 spiro atoms. The summed E-state index contributed by atoms with van der Waals surface area (Å²) in [4.78, 5) is 8.58. The van der Waals surface area contributed by atoms with Crippen molar-refractivity contribution >= 4 is 35.9 Å². The van der Waals surface area contributed by atoms with Gasteiger partial charge < -0.3 is 9.73 Å². The van der Waals surface area contributed by atoms with Gasteiger partial charge in [0, 0.05) is 26.4 Å². The Kier molecular flexibility index (Phi) is 10.3. The monoisotopic (exact) mass is 538 g/mol. The van der Waals surface area contributed by atoms with Crippen LogP contribution in [0.3, 0.4) is 0 Å². The van der Waals surface area contributed by atoms with Gasteiger partial charge in [-0.15, -0.1) is 19.6 Å². The fourth-order valence-corrected chi connectivity index (χ4v) is 4.89. The van der Waals surface area contributed by atoms with Crippen LogP contribution in [0.5, 0.6) is 0 Å². The van der Waals surface area contributed by atoms with Crippen LogP contribution in [0.15, 0.2) is 62.6 Å². The largest absolute Gasteiger partial charge is 0.694 e. The molecule has 3 rings (SSSR count). The fourth-order valence-electron chi connectivity index (χ4n) is 3.10. The summed E-state index contributed by atoms with van der Waals surface area (Å²) in [7, 11) is -2.51. The average Bonchev–Trinajstić information content (AvgIpc) is 3.25. The van der Waals surface area contributed by atoms with E-state index in [9.17, 15) is 4.57 Å². The maximum Gasteiger partial charge on any atom is 0.694 e. The zero-order valence-electron chi connectivity index (χ0n) is 17.7. The van der Waals surface area contributed by atoms with E-state index >= 15 is 0 Å².